The summed E-state index contributed by atoms with van der Waals surface area (Å²) in [6, 6.07) is 6.38. The van der Waals surface area contributed by atoms with Crippen LogP contribution in [0.5, 0.6) is 11.6 Å². The Balaban J connectivity index is 2.29. The van der Waals surface area contributed by atoms with Crippen LogP contribution in [-0.2, 0) is 11.3 Å². The number of halogens is 3. The number of aromatic nitrogens is 2. The zero-order chi connectivity index (χ0) is 13.8. The predicted octanol–water partition coefficient (Wildman–Crippen LogP) is 4.38. The molecule has 0 saturated heterocycles. The first-order chi connectivity index (χ1) is 9.08. The van der Waals surface area contributed by atoms with Crippen LogP contribution in [0.2, 0.25) is 15.2 Å². The van der Waals surface area contributed by atoms with Crippen LogP contribution < -0.4 is 4.74 Å². The Morgan fingerprint density at radius 3 is 2.63 bits per heavy atom. The van der Waals surface area contributed by atoms with Gasteiger partial charge < -0.3 is 9.47 Å². The highest BCUT2D eigenvalue weighted by Gasteiger charge is 2.08. The number of methoxy groups -OCH3 is 1. The monoisotopic (exact) mass is 318 g/mol. The van der Waals surface area contributed by atoms with Crippen LogP contribution in [-0.4, -0.2) is 17.1 Å². The fourth-order valence-corrected chi connectivity index (χ4v) is 1.87. The minimum Gasteiger partial charge on any atom is -0.437 e. The van der Waals surface area contributed by atoms with Crippen LogP contribution in [0.15, 0.2) is 24.3 Å². The highest BCUT2D eigenvalue weighted by atomic mass is 35.5. The Morgan fingerprint density at radius 1 is 1.11 bits per heavy atom. The Labute approximate surface area is 125 Å². The van der Waals surface area contributed by atoms with Crippen LogP contribution in [0.1, 0.15) is 5.82 Å². The summed E-state index contributed by atoms with van der Waals surface area (Å²) in [6.07, 6.45) is 0. The summed E-state index contributed by atoms with van der Waals surface area (Å²) in [5.74, 6) is 1.09. The summed E-state index contributed by atoms with van der Waals surface area (Å²) in [7, 11) is 1.54. The second-order valence-electron chi connectivity index (χ2n) is 3.55. The summed E-state index contributed by atoms with van der Waals surface area (Å²) in [4.78, 5) is 8.14. The van der Waals surface area contributed by atoms with E-state index in [9.17, 15) is 0 Å². The van der Waals surface area contributed by atoms with Gasteiger partial charge in [0.05, 0.1) is 5.02 Å². The number of rotatable bonds is 4. The number of ether oxygens (including phenoxy) is 2. The van der Waals surface area contributed by atoms with Gasteiger partial charge in [-0.3, -0.25) is 0 Å². The molecule has 0 aliphatic rings. The largest absolute Gasteiger partial charge is 0.437 e. The van der Waals surface area contributed by atoms with Crippen LogP contribution in [0.3, 0.4) is 0 Å². The lowest BCUT2D eigenvalue weighted by molar-refractivity contribution is 0.177. The van der Waals surface area contributed by atoms with Gasteiger partial charge in [-0.05, 0) is 12.1 Å². The molecular weight excluding hydrogens is 311 g/mol. The third-order valence-electron chi connectivity index (χ3n) is 2.10. The molecule has 0 aliphatic carbocycles. The van der Waals surface area contributed by atoms with Crippen molar-refractivity contribution in [1.82, 2.24) is 9.97 Å². The zero-order valence-electron chi connectivity index (χ0n) is 9.86. The van der Waals surface area contributed by atoms with E-state index in [4.69, 9.17) is 44.3 Å². The lowest BCUT2D eigenvalue weighted by Crippen LogP contribution is -1.99. The van der Waals surface area contributed by atoms with Crippen molar-refractivity contribution in [3.63, 3.8) is 0 Å². The third-order valence-corrected chi connectivity index (χ3v) is 2.84. The lowest BCUT2D eigenvalue weighted by Gasteiger charge is -2.08. The molecule has 19 heavy (non-hydrogen) atoms. The Morgan fingerprint density at radius 2 is 1.89 bits per heavy atom. The molecule has 0 amide bonds. The molecule has 4 nitrogen and oxygen atoms in total. The highest BCUT2D eigenvalue weighted by molar-refractivity contribution is 6.34. The summed E-state index contributed by atoms with van der Waals surface area (Å²) < 4.78 is 10.5. The van der Waals surface area contributed by atoms with Gasteiger partial charge in [0.15, 0.2) is 5.82 Å². The van der Waals surface area contributed by atoms with Crippen molar-refractivity contribution in [2.45, 2.75) is 6.61 Å². The topological polar surface area (TPSA) is 44.2 Å². The van der Waals surface area contributed by atoms with Crippen molar-refractivity contribution >= 4 is 34.8 Å². The fraction of sp³-hybridized carbons (Fsp3) is 0.167. The number of hydrogen-bond acceptors (Lipinski definition) is 4. The van der Waals surface area contributed by atoms with E-state index >= 15 is 0 Å². The van der Waals surface area contributed by atoms with Crippen LogP contribution in [0.4, 0.5) is 0 Å². The maximum atomic E-state index is 6.00. The van der Waals surface area contributed by atoms with Gasteiger partial charge in [-0.2, -0.15) is 4.98 Å². The summed E-state index contributed by atoms with van der Waals surface area (Å²) in [5.41, 5.74) is 0. The van der Waals surface area contributed by atoms with Crippen molar-refractivity contribution < 1.29 is 9.47 Å². The van der Waals surface area contributed by atoms with Crippen molar-refractivity contribution in [3.05, 3.63) is 45.3 Å². The summed E-state index contributed by atoms with van der Waals surface area (Å²) in [6.45, 7) is 0.236. The number of nitrogens with zero attached hydrogens (tertiary/aromatic N) is 2. The van der Waals surface area contributed by atoms with Gasteiger partial charge >= 0.3 is 0 Å². The number of benzene rings is 1. The first-order valence-corrected chi connectivity index (χ1v) is 6.37. The molecule has 0 unspecified atom stereocenters. The summed E-state index contributed by atoms with van der Waals surface area (Å²) in [5, 5.41) is 1.19. The van der Waals surface area contributed by atoms with Gasteiger partial charge in [0.25, 0.3) is 0 Å². The standard InChI is InChI=1S/C12H9Cl3N2O2/c1-18-6-11-16-10(15)5-12(17-11)19-9-4-7(13)2-3-8(9)14/h2-5H,6H2,1H3. The van der Waals surface area contributed by atoms with E-state index in [0.29, 0.717) is 21.6 Å². The average Bonchev–Trinajstić information content (AvgIpc) is 2.33. The van der Waals surface area contributed by atoms with Crippen LogP contribution in [0, 0.1) is 0 Å². The molecule has 0 atom stereocenters. The van der Waals surface area contributed by atoms with E-state index < -0.39 is 0 Å². The molecule has 0 N–H and O–H groups in total. The molecule has 100 valence electrons. The number of hydrogen-bond donors (Lipinski definition) is 0. The molecule has 0 bridgehead atoms. The van der Waals surface area contributed by atoms with Crippen molar-refractivity contribution in [3.8, 4) is 11.6 Å². The minimum atomic E-state index is 0.236. The van der Waals surface area contributed by atoms with E-state index in [0.717, 1.165) is 0 Å². The van der Waals surface area contributed by atoms with Gasteiger partial charge in [-0.1, -0.05) is 34.8 Å². The van der Waals surface area contributed by atoms with E-state index in [-0.39, 0.29) is 17.6 Å². The van der Waals surface area contributed by atoms with Gasteiger partial charge in [0, 0.05) is 24.3 Å². The maximum Gasteiger partial charge on any atom is 0.224 e. The molecule has 1 aromatic heterocycles. The molecule has 0 saturated carbocycles. The van der Waals surface area contributed by atoms with E-state index in [2.05, 4.69) is 9.97 Å². The Kier molecular flexibility index (Phi) is 4.82. The molecule has 2 aromatic rings. The first-order valence-electron chi connectivity index (χ1n) is 5.24. The molecule has 0 fully saturated rings. The van der Waals surface area contributed by atoms with Gasteiger partial charge in [-0.15, -0.1) is 0 Å². The smallest absolute Gasteiger partial charge is 0.224 e. The van der Waals surface area contributed by atoms with Crippen LogP contribution >= 0.6 is 34.8 Å². The second kappa shape index (κ2) is 6.39. The second-order valence-corrected chi connectivity index (χ2v) is 4.79. The Hall–Kier alpha value is -1.07. The molecule has 1 heterocycles. The van der Waals surface area contributed by atoms with Gasteiger partial charge in [0.2, 0.25) is 5.88 Å². The quantitative estimate of drug-likeness (QED) is 0.785. The molecule has 0 spiro atoms. The average molecular weight is 320 g/mol. The molecule has 0 radical (unpaired) electrons. The molecule has 0 aliphatic heterocycles. The fourth-order valence-electron chi connectivity index (χ4n) is 1.36. The van der Waals surface area contributed by atoms with Gasteiger partial charge in [0.1, 0.15) is 17.5 Å². The van der Waals surface area contributed by atoms with Crippen molar-refractivity contribution in [1.29, 1.82) is 0 Å². The maximum absolute atomic E-state index is 6.00. The normalized spacial score (nSPS) is 10.5. The van der Waals surface area contributed by atoms with Crippen molar-refractivity contribution in [2.75, 3.05) is 7.11 Å². The minimum absolute atomic E-state index is 0.236. The van der Waals surface area contributed by atoms with E-state index in [1.807, 2.05) is 0 Å². The highest BCUT2D eigenvalue weighted by Crippen LogP contribution is 2.31. The van der Waals surface area contributed by atoms with Crippen LogP contribution in [0.25, 0.3) is 0 Å². The molecule has 1 aromatic carbocycles. The molecule has 2 rings (SSSR count). The SMILES string of the molecule is COCc1nc(Cl)cc(Oc2cc(Cl)ccc2Cl)n1. The first kappa shape index (κ1) is 14.3. The molecule has 7 heteroatoms. The van der Waals surface area contributed by atoms with E-state index in [1.54, 1.807) is 25.3 Å². The Bertz CT molecular complexity index is 593. The van der Waals surface area contributed by atoms with E-state index in [1.165, 1.54) is 6.07 Å². The predicted molar refractivity (Wildman–Crippen MR) is 74.3 cm³/mol. The summed E-state index contributed by atoms with van der Waals surface area (Å²) >= 11 is 17.8. The molecular formula is C12H9Cl3N2O2. The third kappa shape index (κ3) is 3.94. The van der Waals surface area contributed by atoms with Crippen molar-refractivity contribution in [2.24, 2.45) is 0 Å². The van der Waals surface area contributed by atoms with Gasteiger partial charge in [-0.25, -0.2) is 4.98 Å². The lowest BCUT2D eigenvalue weighted by atomic mass is 10.3. The zero-order valence-corrected chi connectivity index (χ0v) is 12.1.